The van der Waals surface area contributed by atoms with E-state index >= 15 is 0 Å². The first kappa shape index (κ1) is 23.5. The van der Waals surface area contributed by atoms with E-state index in [1.165, 1.54) is 18.2 Å². The highest BCUT2D eigenvalue weighted by Gasteiger charge is 2.46. The summed E-state index contributed by atoms with van der Waals surface area (Å²) in [6, 6.07) is 5.70. The topological polar surface area (TPSA) is 77.9 Å². The van der Waals surface area contributed by atoms with Crippen LogP contribution in [0.1, 0.15) is 43.4 Å². The van der Waals surface area contributed by atoms with Gasteiger partial charge in [-0.2, -0.15) is 4.31 Å². The third kappa shape index (κ3) is 4.04. The molecule has 1 N–H and O–H groups in total. The quantitative estimate of drug-likeness (QED) is 0.697. The number of aliphatic carboxylic acids is 1. The zero-order valence-corrected chi connectivity index (χ0v) is 19.6. The van der Waals surface area contributed by atoms with Gasteiger partial charge in [-0.3, -0.25) is 4.79 Å². The lowest BCUT2D eigenvalue weighted by molar-refractivity contribution is -0.142. The minimum Gasteiger partial charge on any atom is -0.480 e. The van der Waals surface area contributed by atoms with E-state index in [1.807, 2.05) is 13.8 Å². The van der Waals surface area contributed by atoms with Crippen LogP contribution in [0.2, 0.25) is 5.02 Å². The second kappa shape index (κ2) is 8.41. The molecule has 0 aliphatic carbocycles. The summed E-state index contributed by atoms with van der Waals surface area (Å²) >= 11 is 6.10. The van der Waals surface area contributed by atoms with E-state index in [9.17, 15) is 22.7 Å². The molecule has 1 aliphatic rings. The Balaban J connectivity index is 2.19. The molecule has 2 aromatic carbocycles. The van der Waals surface area contributed by atoms with Gasteiger partial charge in [-0.15, -0.1) is 0 Å². The van der Waals surface area contributed by atoms with Gasteiger partial charge in [0.2, 0.25) is 10.0 Å². The Bertz CT molecular complexity index is 1140. The number of carboxylic acid groups (broad SMARTS) is 1. The number of carbonyl (C=O) groups is 1. The Morgan fingerprint density at radius 1 is 1.16 bits per heavy atom. The molecule has 0 bridgehead atoms. The summed E-state index contributed by atoms with van der Waals surface area (Å²) in [5.41, 5.74) is 2.05. The molecule has 0 fully saturated rings. The molecule has 0 saturated carbocycles. The molecular formula is C22H26ClFN2O4S. The fraction of sp³-hybridized carbons (Fsp3) is 0.409. The van der Waals surface area contributed by atoms with Crippen molar-refractivity contribution in [3.05, 3.63) is 57.9 Å². The van der Waals surface area contributed by atoms with Gasteiger partial charge in [0.1, 0.15) is 16.8 Å². The molecule has 2 atom stereocenters. The summed E-state index contributed by atoms with van der Waals surface area (Å²) in [4.78, 5) is 14.1. The highest BCUT2D eigenvalue weighted by molar-refractivity contribution is 7.89. The zero-order valence-electron chi connectivity index (χ0n) is 18.1. The monoisotopic (exact) mass is 468 g/mol. The van der Waals surface area contributed by atoms with Gasteiger partial charge < -0.3 is 10.0 Å². The summed E-state index contributed by atoms with van der Waals surface area (Å²) in [7, 11) is -4.17. The Hall–Kier alpha value is -2.16. The van der Waals surface area contributed by atoms with Crippen LogP contribution < -0.4 is 4.90 Å². The standard InChI is InChI=1S/C22H26ClFN2O4S/c1-12(2)25-11-26(31(29,30)19-9-7-16(23)10-18(19)25)21(22(27)28)15(5)20-14(4)13(3)6-8-17(20)24/h6-10,12,15,21H,11H2,1-5H3,(H,27,28)/t15?,21-/m0/s1. The smallest absolute Gasteiger partial charge is 0.322 e. The average molecular weight is 469 g/mol. The van der Waals surface area contributed by atoms with Gasteiger partial charge in [0.25, 0.3) is 0 Å². The Kier molecular flexibility index (Phi) is 6.37. The maximum absolute atomic E-state index is 14.8. The molecule has 0 radical (unpaired) electrons. The number of hydrogen-bond acceptors (Lipinski definition) is 4. The van der Waals surface area contributed by atoms with Crippen LogP contribution in [-0.4, -0.2) is 42.6 Å². The van der Waals surface area contributed by atoms with Crippen LogP contribution >= 0.6 is 11.6 Å². The number of sulfonamides is 1. The maximum atomic E-state index is 14.8. The summed E-state index contributed by atoms with van der Waals surface area (Å²) < 4.78 is 42.7. The molecule has 2 aromatic rings. The number of hydrogen-bond donors (Lipinski definition) is 1. The highest BCUT2D eigenvalue weighted by atomic mass is 35.5. The third-order valence-electron chi connectivity index (χ3n) is 5.96. The normalized spacial score (nSPS) is 18.0. The minimum atomic E-state index is -4.17. The van der Waals surface area contributed by atoms with Gasteiger partial charge in [-0.25, -0.2) is 12.8 Å². The van der Waals surface area contributed by atoms with Crippen molar-refractivity contribution in [2.45, 2.75) is 57.5 Å². The molecule has 6 nitrogen and oxygen atoms in total. The van der Waals surface area contributed by atoms with Gasteiger partial charge >= 0.3 is 5.97 Å². The molecule has 1 unspecified atom stereocenters. The molecule has 31 heavy (non-hydrogen) atoms. The molecule has 168 valence electrons. The number of benzene rings is 2. The number of fused-ring (bicyclic) bond motifs is 1. The third-order valence-corrected chi connectivity index (χ3v) is 8.05. The van der Waals surface area contributed by atoms with Crippen LogP contribution in [0.5, 0.6) is 0 Å². The second-order valence-electron chi connectivity index (χ2n) is 8.18. The molecule has 3 rings (SSSR count). The lowest BCUT2D eigenvalue weighted by atomic mass is 9.87. The first-order valence-electron chi connectivity index (χ1n) is 9.94. The molecule has 0 spiro atoms. The summed E-state index contributed by atoms with van der Waals surface area (Å²) in [5.74, 6) is -2.81. The Labute approximate surface area is 187 Å². The molecular weight excluding hydrogens is 443 g/mol. The van der Waals surface area contributed by atoms with Crippen molar-refractivity contribution in [3.63, 3.8) is 0 Å². The first-order chi connectivity index (χ1) is 14.4. The van der Waals surface area contributed by atoms with Gasteiger partial charge in [-0.1, -0.05) is 24.6 Å². The molecule has 0 aromatic heterocycles. The largest absolute Gasteiger partial charge is 0.480 e. The number of aryl methyl sites for hydroxylation is 1. The van der Waals surface area contributed by atoms with E-state index < -0.39 is 33.8 Å². The van der Waals surface area contributed by atoms with Gasteiger partial charge in [0.15, 0.2) is 0 Å². The lowest BCUT2D eigenvalue weighted by Crippen LogP contribution is -2.56. The lowest BCUT2D eigenvalue weighted by Gasteiger charge is -2.43. The summed E-state index contributed by atoms with van der Waals surface area (Å²) in [6.45, 7) is 8.65. The molecule has 9 heteroatoms. The Morgan fingerprint density at radius 3 is 2.39 bits per heavy atom. The number of halogens is 2. The van der Waals surface area contributed by atoms with Crippen LogP contribution in [0.15, 0.2) is 35.2 Å². The van der Waals surface area contributed by atoms with E-state index in [0.29, 0.717) is 16.3 Å². The van der Waals surface area contributed by atoms with Crippen molar-refractivity contribution >= 4 is 33.3 Å². The second-order valence-corrected chi connectivity index (χ2v) is 10.5. The predicted octanol–water partition coefficient (Wildman–Crippen LogP) is 4.53. The molecule has 1 heterocycles. The maximum Gasteiger partial charge on any atom is 0.322 e. The van der Waals surface area contributed by atoms with Crippen LogP contribution in [0.3, 0.4) is 0 Å². The number of carboxylic acids is 1. The van der Waals surface area contributed by atoms with Gasteiger partial charge in [-0.05, 0) is 68.7 Å². The van der Waals surface area contributed by atoms with E-state index in [0.717, 1.165) is 9.87 Å². The van der Waals surface area contributed by atoms with Crippen molar-refractivity contribution in [1.29, 1.82) is 0 Å². The zero-order chi connectivity index (χ0) is 23.2. The van der Waals surface area contributed by atoms with Gasteiger partial charge in [0, 0.05) is 17.0 Å². The van der Waals surface area contributed by atoms with Crippen molar-refractivity contribution in [1.82, 2.24) is 4.31 Å². The fourth-order valence-corrected chi connectivity index (χ4v) is 6.10. The van der Waals surface area contributed by atoms with Crippen LogP contribution in [0.4, 0.5) is 10.1 Å². The minimum absolute atomic E-state index is 0.0169. The average Bonchev–Trinajstić information content (AvgIpc) is 2.66. The predicted molar refractivity (Wildman–Crippen MR) is 119 cm³/mol. The SMILES string of the molecule is Cc1ccc(F)c(C(C)[C@@H](C(=O)O)N2CN(C(C)C)c3cc(Cl)ccc3S2(=O)=O)c1C. The number of rotatable bonds is 5. The number of anilines is 1. The van der Waals surface area contributed by atoms with E-state index in [1.54, 1.807) is 37.8 Å². The molecule has 0 amide bonds. The van der Waals surface area contributed by atoms with Crippen molar-refractivity contribution in [2.75, 3.05) is 11.6 Å². The fourth-order valence-electron chi connectivity index (χ4n) is 4.15. The first-order valence-corrected chi connectivity index (χ1v) is 11.8. The highest BCUT2D eigenvalue weighted by Crippen LogP contribution is 2.40. The van der Waals surface area contributed by atoms with Crippen LogP contribution in [-0.2, 0) is 14.8 Å². The van der Waals surface area contributed by atoms with Gasteiger partial charge in [0.05, 0.1) is 12.4 Å². The molecule has 0 saturated heterocycles. The van der Waals surface area contributed by atoms with E-state index in [-0.39, 0.29) is 23.2 Å². The summed E-state index contributed by atoms with van der Waals surface area (Å²) in [5, 5.41) is 10.5. The van der Waals surface area contributed by atoms with Crippen molar-refractivity contribution in [3.8, 4) is 0 Å². The van der Waals surface area contributed by atoms with Crippen molar-refractivity contribution < 1.29 is 22.7 Å². The van der Waals surface area contributed by atoms with E-state index in [2.05, 4.69) is 0 Å². The van der Waals surface area contributed by atoms with Crippen LogP contribution in [0, 0.1) is 19.7 Å². The van der Waals surface area contributed by atoms with Crippen molar-refractivity contribution in [2.24, 2.45) is 0 Å². The Morgan fingerprint density at radius 2 is 1.81 bits per heavy atom. The van der Waals surface area contributed by atoms with Crippen LogP contribution in [0.25, 0.3) is 0 Å². The molecule has 1 aliphatic heterocycles. The van der Waals surface area contributed by atoms with E-state index in [4.69, 9.17) is 11.6 Å². The number of nitrogens with zero attached hydrogens (tertiary/aromatic N) is 2. The summed E-state index contributed by atoms with van der Waals surface area (Å²) in [6.07, 6.45) is 0.